The molecule has 0 radical (unpaired) electrons. The number of rotatable bonds is 6. The highest BCUT2D eigenvalue weighted by Gasteiger charge is 2.28. The lowest BCUT2D eigenvalue weighted by molar-refractivity contribution is -0.902. The number of nitrogens with one attached hydrogen (secondary N) is 1. The lowest BCUT2D eigenvalue weighted by Crippen LogP contribution is -3.14. The first-order chi connectivity index (χ1) is 13.4. The third-order valence-electron chi connectivity index (χ3n) is 5.48. The van der Waals surface area contributed by atoms with Crippen molar-refractivity contribution in [2.75, 3.05) is 32.7 Å². The van der Waals surface area contributed by atoms with Gasteiger partial charge < -0.3 is 9.80 Å². The molecule has 28 heavy (non-hydrogen) atoms. The highest BCUT2D eigenvalue weighted by atomic mass is 32.2. The summed E-state index contributed by atoms with van der Waals surface area (Å²) in [6, 6.07) is 0. The van der Waals surface area contributed by atoms with Gasteiger partial charge in [-0.05, 0) is 33.3 Å². The Kier molecular flexibility index (Phi) is 6.62. The predicted octanol–water partition coefficient (Wildman–Crippen LogP) is 1.49. The second kappa shape index (κ2) is 8.80. The summed E-state index contributed by atoms with van der Waals surface area (Å²) < 4.78 is 1.64. The maximum absolute atomic E-state index is 13.1. The molecule has 1 fully saturated rings. The van der Waals surface area contributed by atoms with Gasteiger partial charge in [-0.3, -0.25) is 14.2 Å². The van der Waals surface area contributed by atoms with Crippen LogP contribution in [0.1, 0.15) is 24.3 Å². The van der Waals surface area contributed by atoms with Crippen molar-refractivity contribution < 1.29 is 9.69 Å². The van der Waals surface area contributed by atoms with Crippen LogP contribution >= 0.6 is 23.1 Å². The van der Waals surface area contributed by atoms with Gasteiger partial charge in [-0.15, -0.1) is 17.9 Å². The number of nitrogens with zero attached hydrogens (tertiary/aromatic N) is 3. The third-order valence-corrected chi connectivity index (χ3v) is 7.66. The van der Waals surface area contributed by atoms with Gasteiger partial charge in [0.2, 0.25) is 5.91 Å². The summed E-state index contributed by atoms with van der Waals surface area (Å²) in [4.78, 5) is 36.1. The molecule has 0 spiro atoms. The lowest BCUT2D eigenvalue weighted by Gasteiger charge is -2.33. The van der Waals surface area contributed by atoms with Crippen molar-refractivity contribution in [2.45, 2.75) is 44.6 Å². The second-order valence-electron chi connectivity index (χ2n) is 7.25. The van der Waals surface area contributed by atoms with Crippen LogP contribution in [-0.4, -0.2) is 58.3 Å². The molecular weight excluding hydrogens is 392 g/mol. The minimum atomic E-state index is -0.286. The molecule has 0 unspecified atom stereocenters. The fourth-order valence-corrected chi connectivity index (χ4v) is 5.62. The van der Waals surface area contributed by atoms with Crippen molar-refractivity contribution in [3.8, 4) is 0 Å². The smallest absolute Gasteiger partial charge is 0.263 e. The Hall–Kier alpha value is -1.64. The molecule has 3 rings (SSSR count). The van der Waals surface area contributed by atoms with E-state index in [2.05, 4.69) is 13.5 Å². The molecular formula is C20H29N4O2S2+. The molecule has 1 saturated heterocycles. The standard InChI is InChI=1S/C20H28N4O2S2/c1-6-8-24-19(26)16-13(3)14(4)27-17(16)21-20(24)28-15(5)18(25)23-11-9-22(7-2)10-12-23/h6,15H,1,7-12H2,2-5H3/p+1/t15-/m0/s1. The van der Waals surface area contributed by atoms with Crippen LogP contribution in [-0.2, 0) is 11.3 Å². The molecule has 1 N–H and O–H groups in total. The quantitative estimate of drug-likeness (QED) is 0.436. The molecule has 2 aromatic rings. The zero-order valence-electron chi connectivity index (χ0n) is 17.1. The zero-order valence-corrected chi connectivity index (χ0v) is 18.7. The normalized spacial score (nSPS) is 16.5. The first-order valence-corrected chi connectivity index (χ1v) is 11.5. The molecule has 1 aliphatic rings. The van der Waals surface area contributed by atoms with E-state index in [4.69, 9.17) is 4.98 Å². The molecule has 1 aliphatic heterocycles. The van der Waals surface area contributed by atoms with E-state index in [1.807, 2.05) is 25.7 Å². The molecule has 0 aliphatic carbocycles. The van der Waals surface area contributed by atoms with Crippen molar-refractivity contribution >= 4 is 39.2 Å². The summed E-state index contributed by atoms with van der Waals surface area (Å²) in [5.74, 6) is 0.123. The number of thiophene rings is 1. The summed E-state index contributed by atoms with van der Waals surface area (Å²) >= 11 is 2.91. The molecule has 8 heteroatoms. The molecule has 1 amide bonds. The number of thioether (sulfide) groups is 1. The fraction of sp³-hybridized carbons (Fsp3) is 0.550. The van der Waals surface area contributed by atoms with Gasteiger partial charge in [0.25, 0.3) is 5.56 Å². The van der Waals surface area contributed by atoms with E-state index in [0.717, 1.165) is 48.0 Å². The van der Waals surface area contributed by atoms with Gasteiger partial charge in [-0.1, -0.05) is 17.8 Å². The van der Waals surface area contributed by atoms with E-state index in [1.54, 1.807) is 15.5 Å². The van der Waals surface area contributed by atoms with Crippen LogP contribution in [0.4, 0.5) is 0 Å². The van der Waals surface area contributed by atoms with Gasteiger partial charge in [0.1, 0.15) is 4.83 Å². The molecule has 2 aromatic heterocycles. The summed E-state index contributed by atoms with van der Waals surface area (Å²) in [6.45, 7) is 16.9. The van der Waals surface area contributed by atoms with Gasteiger partial charge in [0.05, 0.1) is 43.4 Å². The minimum Gasteiger partial charge on any atom is -0.332 e. The maximum Gasteiger partial charge on any atom is 0.263 e. The van der Waals surface area contributed by atoms with Gasteiger partial charge in [0.15, 0.2) is 5.16 Å². The number of carbonyl (C=O) groups is 1. The number of aryl methyl sites for hydroxylation is 2. The highest BCUT2D eigenvalue weighted by molar-refractivity contribution is 8.00. The van der Waals surface area contributed by atoms with E-state index in [9.17, 15) is 9.59 Å². The van der Waals surface area contributed by atoms with Gasteiger partial charge in [-0.25, -0.2) is 4.98 Å². The fourth-order valence-electron chi connectivity index (χ4n) is 3.55. The number of quaternary nitrogens is 1. The Bertz CT molecular complexity index is 942. The second-order valence-corrected chi connectivity index (χ2v) is 9.76. The number of carbonyl (C=O) groups excluding carboxylic acids is 1. The Morgan fingerprint density at radius 2 is 2.07 bits per heavy atom. The zero-order chi connectivity index (χ0) is 20.4. The molecule has 0 bridgehead atoms. The predicted molar refractivity (Wildman–Crippen MR) is 117 cm³/mol. The summed E-state index contributed by atoms with van der Waals surface area (Å²) in [6.07, 6.45) is 1.70. The van der Waals surface area contributed by atoms with Crippen LogP contribution in [0.25, 0.3) is 10.2 Å². The molecule has 0 aromatic carbocycles. The van der Waals surface area contributed by atoms with Crippen LogP contribution in [0.3, 0.4) is 0 Å². The van der Waals surface area contributed by atoms with Gasteiger partial charge >= 0.3 is 0 Å². The number of aromatic nitrogens is 2. The number of piperazine rings is 1. The topological polar surface area (TPSA) is 59.6 Å². The van der Waals surface area contributed by atoms with Crippen LogP contribution < -0.4 is 10.5 Å². The summed E-state index contributed by atoms with van der Waals surface area (Å²) in [5, 5.41) is 0.995. The number of likely N-dealkylation sites (N-methyl/N-ethyl adjacent to an activating group) is 1. The first-order valence-electron chi connectivity index (χ1n) is 9.77. The SMILES string of the molecule is C=CCn1c(S[C@@H](C)C(=O)N2CC[NH+](CC)CC2)nc2sc(C)c(C)c2c1=O. The highest BCUT2D eigenvalue weighted by Crippen LogP contribution is 2.30. The lowest BCUT2D eigenvalue weighted by atomic mass is 10.2. The van der Waals surface area contributed by atoms with E-state index in [1.165, 1.54) is 23.1 Å². The van der Waals surface area contributed by atoms with E-state index in [-0.39, 0.29) is 16.7 Å². The number of allylic oxidation sites excluding steroid dienone is 1. The van der Waals surface area contributed by atoms with Gasteiger partial charge in [0, 0.05) is 11.4 Å². The molecule has 1 atom stereocenters. The molecule has 152 valence electrons. The van der Waals surface area contributed by atoms with Crippen molar-refractivity contribution in [3.05, 3.63) is 33.4 Å². The Labute approximate surface area is 174 Å². The number of hydrogen-bond donors (Lipinski definition) is 1. The summed E-state index contributed by atoms with van der Waals surface area (Å²) in [5.41, 5.74) is 0.946. The number of fused-ring (bicyclic) bond motifs is 1. The Morgan fingerprint density at radius 3 is 2.68 bits per heavy atom. The largest absolute Gasteiger partial charge is 0.332 e. The van der Waals surface area contributed by atoms with Crippen molar-refractivity contribution in [2.24, 2.45) is 0 Å². The van der Waals surface area contributed by atoms with Crippen molar-refractivity contribution in [1.29, 1.82) is 0 Å². The van der Waals surface area contributed by atoms with Crippen molar-refractivity contribution in [1.82, 2.24) is 14.5 Å². The monoisotopic (exact) mass is 421 g/mol. The number of amides is 1. The van der Waals surface area contributed by atoms with Crippen LogP contribution in [0.5, 0.6) is 0 Å². The molecule has 6 nitrogen and oxygen atoms in total. The average Bonchev–Trinajstić information content (AvgIpc) is 2.98. The number of hydrogen-bond acceptors (Lipinski definition) is 5. The third kappa shape index (κ3) is 4.04. The average molecular weight is 422 g/mol. The molecule has 3 heterocycles. The Balaban J connectivity index is 1.86. The van der Waals surface area contributed by atoms with E-state index in [0.29, 0.717) is 17.1 Å². The van der Waals surface area contributed by atoms with Crippen LogP contribution in [0, 0.1) is 13.8 Å². The maximum atomic E-state index is 13.1. The van der Waals surface area contributed by atoms with Gasteiger partial charge in [-0.2, -0.15) is 0 Å². The molecule has 0 saturated carbocycles. The van der Waals surface area contributed by atoms with E-state index >= 15 is 0 Å². The van der Waals surface area contributed by atoms with Crippen LogP contribution in [0.15, 0.2) is 22.6 Å². The van der Waals surface area contributed by atoms with Crippen molar-refractivity contribution in [3.63, 3.8) is 0 Å². The van der Waals surface area contributed by atoms with Crippen LogP contribution in [0.2, 0.25) is 0 Å². The first kappa shape index (κ1) is 21.1. The van der Waals surface area contributed by atoms with E-state index < -0.39 is 0 Å². The minimum absolute atomic E-state index is 0.0472. The Morgan fingerprint density at radius 1 is 1.39 bits per heavy atom. The summed E-state index contributed by atoms with van der Waals surface area (Å²) in [7, 11) is 0.